The molecule has 0 aliphatic heterocycles. The van der Waals surface area contributed by atoms with Crippen LogP contribution in [0.15, 0.2) is 54.3 Å². The molecule has 1 aliphatic rings. The first-order chi connectivity index (χ1) is 9.95. The normalized spacial score (nSPS) is 24.6. The number of ketones is 1. The molecule has 4 heteroatoms. The van der Waals surface area contributed by atoms with Crippen LogP contribution < -0.4 is 0 Å². The highest BCUT2D eigenvalue weighted by molar-refractivity contribution is 6.02. The number of hydrogen-bond donors (Lipinski definition) is 2. The number of rotatable bonds is 3. The van der Waals surface area contributed by atoms with Gasteiger partial charge in [0.25, 0.3) is 0 Å². The monoisotopic (exact) mass is 281 g/mol. The van der Waals surface area contributed by atoms with E-state index in [4.69, 9.17) is 5.26 Å². The zero-order valence-electron chi connectivity index (χ0n) is 11.5. The SMILES string of the molecule is Cc1ccc(/C=C/C(=O)C2(O)C=CC(O)=CC2C#N)cc1. The Bertz CT molecular complexity index is 677. The van der Waals surface area contributed by atoms with Gasteiger partial charge in [0, 0.05) is 0 Å². The van der Waals surface area contributed by atoms with Crippen LogP contribution in [0, 0.1) is 24.2 Å². The van der Waals surface area contributed by atoms with Crippen molar-refractivity contribution in [3.63, 3.8) is 0 Å². The molecule has 106 valence electrons. The molecule has 2 atom stereocenters. The van der Waals surface area contributed by atoms with Crippen LogP contribution in [0.25, 0.3) is 6.08 Å². The van der Waals surface area contributed by atoms with Crippen LogP contribution in [0.4, 0.5) is 0 Å². The Morgan fingerprint density at radius 1 is 1.38 bits per heavy atom. The smallest absolute Gasteiger partial charge is 0.192 e. The second-order valence-electron chi connectivity index (χ2n) is 4.97. The van der Waals surface area contributed by atoms with Crippen molar-refractivity contribution < 1.29 is 15.0 Å². The molecule has 0 amide bonds. The lowest BCUT2D eigenvalue weighted by Gasteiger charge is -2.27. The van der Waals surface area contributed by atoms with E-state index in [-0.39, 0.29) is 5.76 Å². The minimum Gasteiger partial charge on any atom is -0.508 e. The first-order valence-electron chi connectivity index (χ1n) is 6.47. The number of benzene rings is 1. The van der Waals surface area contributed by atoms with Crippen LogP contribution in [-0.2, 0) is 4.79 Å². The fraction of sp³-hybridized carbons (Fsp3) is 0.176. The van der Waals surface area contributed by atoms with E-state index in [9.17, 15) is 15.0 Å². The third kappa shape index (κ3) is 3.10. The van der Waals surface area contributed by atoms with Crippen molar-refractivity contribution in [3.8, 4) is 6.07 Å². The molecule has 1 aliphatic carbocycles. The van der Waals surface area contributed by atoms with Gasteiger partial charge in [-0.05, 0) is 36.8 Å². The lowest BCUT2D eigenvalue weighted by atomic mass is 9.80. The molecule has 0 radical (unpaired) electrons. The van der Waals surface area contributed by atoms with Crippen LogP contribution in [0.1, 0.15) is 11.1 Å². The first-order valence-corrected chi connectivity index (χ1v) is 6.47. The molecule has 4 nitrogen and oxygen atoms in total. The summed E-state index contributed by atoms with van der Waals surface area (Å²) in [7, 11) is 0. The molecular formula is C17H15NO3. The fourth-order valence-corrected chi connectivity index (χ4v) is 2.02. The number of aliphatic hydroxyl groups excluding tert-OH is 1. The Morgan fingerprint density at radius 3 is 2.67 bits per heavy atom. The highest BCUT2D eigenvalue weighted by Crippen LogP contribution is 2.27. The van der Waals surface area contributed by atoms with E-state index in [2.05, 4.69) is 0 Å². The molecule has 2 unspecified atom stereocenters. The van der Waals surface area contributed by atoms with Crippen molar-refractivity contribution in [3.05, 3.63) is 65.5 Å². The maximum atomic E-state index is 12.2. The van der Waals surface area contributed by atoms with Crippen molar-refractivity contribution in [2.24, 2.45) is 5.92 Å². The summed E-state index contributed by atoms with van der Waals surface area (Å²) >= 11 is 0. The number of hydrogen-bond acceptors (Lipinski definition) is 4. The summed E-state index contributed by atoms with van der Waals surface area (Å²) in [5.41, 5.74) is -0.0101. The second-order valence-corrected chi connectivity index (χ2v) is 4.97. The molecule has 0 aromatic heterocycles. The van der Waals surface area contributed by atoms with Gasteiger partial charge in [-0.2, -0.15) is 5.26 Å². The molecule has 0 saturated carbocycles. The van der Waals surface area contributed by atoms with Gasteiger partial charge >= 0.3 is 0 Å². The van der Waals surface area contributed by atoms with Crippen LogP contribution in [-0.4, -0.2) is 21.6 Å². The highest BCUT2D eigenvalue weighted by Gasteiger charge is 2.41. The topological polar surface area (TPSA) is 81.3 Å². The minimum absolute atomic E-state index is 0.137. The van der Waals surface area contributed by atoms with E-state index >= 15 is 0 Å². The number of nitrogens with zero attached hydrogens (tertiary/aromatic N) is 1. The highest BCUT2D eigenvalue weighted by atomic mass is 16.3. The lowest BCUT2D eigenvalue weighted by Crippen LogP contribution is -2.43. The summed E-state index contributed by atoms with van der Waals surface area (Å²) in [5.74, 6) is -1.85. The van der Waals surface area contributed by atoms with Gasteiger partial charge in [0.15, 0.2) is 11.4 Å². The average Bonchev–Trinajstić information content (AvgIpc) is 2.48. The van der Waals surface area contributed by atoms with Gasteiger partial charge in [-0.15, -0.1) is 0 Å². The molecule has 0 spiro atoms. The number of aliphatic hydroxyl groups is 2. The third-order valence-electron chi connectivity index (χ3n) is 3.36. The van der Waals surface area contributed by atoms with E-state index in [0.29, 0.717) is 0 Å². The Hall–Kier alpha value is -2.64. The molecule has 2 N–H and O–H groups in total. The molecular weight excluding hydrogens is 266 g/mol. The molecule has 0 saturated heterocycles. The van der Waals surface area contributed by atoms with Crippen molar-refractivity contribution in [2.45, 2.75) is 12.5 Å². The van der Waals surface area contributed by atoms with Crippen LogP contribution in [0.2, 0.25) is 0 Å². The van der Waals surface area contributed by atoms with Crippen molar-refractivity contribution in [1.82, 2.24) is 0 Å². The molecule has 1 aromatic carbocycles. The number of carbonyl (C=O) groups excluding carboxylic acids is 1. The predicted octanol–water partition coefficient (Wildman–Crippen LogP) is 2.46. The zero-order chi connectivity index (χ0) is 15.5. The number of nitriles is 1. The Balaban J connectivity index is 2.21. The lowest BCUT2D eigenvalue weighted by molar-refractivity contribution is -0.129. The summed E-state index contributed by atoms with van der Waals surface area (Å²) in [6.07, 6.45) is 6.36. The van der Waals surface area contributed by atoms with Crippen molar-refractivity contribution in [2.75, 3.05) is 0 Å². The standard InChI is InChI=1S/C17H15NO3/c1-12-2-4-13(5-3-12)6-7-16(20)17(21)9-8-15(19)10-14(17)11-18/h2-10,14,19,21H,1H3/b7-6+. The summed E-state index contributed by atoms with van der Waals surface area (Å²) in [4.78, 5) is 12.2. The maximum Gasteiger partial charge on any atom is 0.192 e. The zero-order valence-corrected chi connectivity index (χ0v) is 11.5. The van der Waals surface area contributed by atoms with E-state index in [1.54, 1.807) is 6.08 Å². The van der Waals surface area contributed by atoms with E-state index < -0.39 is 17.3 Å². The van der Waals surface area contributed by atoms with Crippen molar-refractivity contribution >= 4 is 11.9 Å². The number of carbonyl (C=O) groups is 1. The minimum atomic E-state index is -1.94. The summed E-state index contributed by atoms with van der Waals surface area (Å²) in [6, 6.07) is 9.36. The van der Waals surface area contributed by atoms with Crippen LogP contribution in [0.3, 0.4) is 0 Å². The summed E-state index contributed by atoms with van der Waals surface area (Å²) in [5, 5.41) is 28.7. The summed E-state index contributed by atoms with van der Waals surface area (Å²) in [6.45, 7) is 1.96. The molecule has 1 aromatic rings. The molecule has 0 bridgehead atoms. The Morgan fingerprint density at radius 2 is 2.05 bits per heavy atom. The summed E-state index contributed by atoms with van der Waals surface area (Å²) < 4.78 is 0. The van der Waals surface area contributed by atoms with E-state index in [0.717, 1.165) is 23.3 Å². The first kappa shape index (κ1) is 14.8. The van der Waals surface area contributed by atoms with Gasteiger partial charge in [0.05, 0.1) is 6.07 Å². The molecule has 0 heterocycles. The number of allylic oxidation sites excluding steroid dienone is 1. The van der Waals surface area contributed by atoms with Crippen LogP contribution >= 0.6 is 0 Å². The maximum absolute atomic E-state index is 12.2. The van der Waals surface area contributed by atoms with Crippen molar-refractivity contribution in [1.29, 1.82) is 5.26 Å². The van der Waals surface area contributed by atoms with Gasteiger partial charge in [-0.3, -0.25) is 4.79 Å². The fourth-order valence-electron chi connectivity index (χ4n) is 2.02. The van der Waals surface area contributed by atoms with Gasteiger partial charge < -0.3 is 10.2 Å². The van der Waals surface area contributed by atoms with Crippen LogP contribution in [0.5, 0.6) is 0 Å². The van der Waals surface area contributed by atoms with E-state index in [1.165, 1.54) is 12.2 Å². The largest absolute Gasteiger partial charge is 0.508 e. The molecule has 21 heavy (non-hydrogen) atoms. The van der Waals surface area contributed by atoms with Gasteiger partial charge in [0.1, 0.15) is 11.7 Å². The Labute approximate surface area is 123 Å². The van der Waals surface area contributed by atoms with Gasteiger partial charge in [-0.25, -0.2) is 0 Å². The molecule has 2 rings (SSSR count). The number of aryl methyl sites for hydroxylation is 1. The second kappa shape index (κ2) is 5.78. The third-order valence-corrected chi connectivity index (χ3v) is 3.36. The van der Waals surface area contributed by atoms with Gasteiger partial charge in [-0.1, -0.05) is 35.9 Å². The predicted molar refractivity (Wildman–Crippen MR) is 79.1 cm³/mol. The quantitative estimate of drug-likeness (QED) is 0.834. The molecule has 0 fully saturated rings. The average molecular weight is 281 g/mol. The van der Waals surface area contributed by atoms with E-state index in [1.807, 2.05) is 37.3 Å². The van der Waals surface area contributed by atoms with Gasteiger partial charge in [0.2, 0.25) is 0 Å². The Kier molecular flexibility index (Phi) is 4.06.